The van der Waals surface area contributed by atoms with E-state index < -0.39 is 0 Å². The van der Waals surface area contributed by atoms with Crippen LogP contribution in [-0.2, 0) is 11.2 Å². The van der Waals surface area contributed by atoms with Gasteiger partial charge in [-0.25, -0.2) is 4.39 Å². The Labute approximate surface area is 163 Å². The van der Waals surface area contributed by atoms with Crippen LogP contribution in [0.25, 0.3) is 10.9 Å². The Morgan fingerprint density at radius 1 is 1.19 bits per heavy atom. The maximum absolute atomic E-state index is 12.9. The lowest BCUT2D eigenvalue weighted by molar-refractivity contribution is -0.129. The van der Waals surface area contributed by atoms with Crippen molar-refractivity contribution in [3.8, 4) is 0 Å². The Bertz CT molecular complexity index is 930. The molecule has 0 bridgehead atoms. The predicted octanol–water partition coefficient (Wildman–Crippen LogP) is 4.53. The van der Waals surface area contributed by atoms with Crippen LogP contribution in [0.15, 0.2) is 54.7 Å². The van der Waals surface area contributed by atoms with Gasteiger partial charge in [0.25, 0.3) is 0 Å². The van der Waals surface area contributed by atoms with E-state index in [1.807, 2.05) is 24.3 Å². The number of benzene rings is 2. The number of aromatic nitrogens is 1. The molecule has 1 N–H and O–H groups in total. The van der Waals surface area contributed by atoms with Crippen molar-refractivity contribution >= 4 is 34.1 Å². The summed E-state index contributed by atoms with van der Waals surface area (Å²) in [4.78, 5) is 18.3. The molecule has 3 aromatic rings. The number of rotatable bonds is 7. The molecular weight excluding hydrogens is 365 g/mol. The van der Waals surface area contributed by atoms with E-state index >= 15 is 0 Å². The number of hydrogen-bond acceptors (Lipinski definition) is 3. The standard InChI is InChI=1S/C21H21ClFN3O/c1-26(21(27)13-15-3-6-17(23)7-4-15)12-2-10-24-19-9-11-25-20-14-16(22)5-8-18(19)20/h3-9,11,14H,2,10,12-13H2,1H3,(H,24,25). The highest BCUT2D eigenvalue weighted by Gasteiger charge is 2.09. The molecular formula is C21H21ClFN3O. The molecule has 6 heteroatoms. The van der Waals surface area contributed by atoms with Gasteiger partial charge in [-0.1, -0.05) is 23.7 Å². The number of fused-ring (bicyclic) bond motifs is 1. The third-order valence-electron chi connectivity index (χ3n) is 4.38. The minimum Gasteiger partial charge on any atom is -0.384 e. The zero-order valence-corrected chi connectivity index (χ0v) is 15.8. The Morgan fingerprint density at radius 2 is 1.96 bits per heavy atom. The fourth-order valence-electron chi connectivity index (χ4n) is 2.85. The molecule has 1 aromatic heterocycles. The molecule has 0 unspecified atom stereocenters. The van der Waals surface area contributed by atoms with Crippen molar-refractivity contribution in [2.75, 3.05) is 25.5 Å². The molecule has 0 aliphatic rings. The molecule has 4 nitrogen and oxygen atoms in total. The van der Waals surface area contributed by atoms with E-state index in [-0.39, 0.29) is 18.1 Å². The minimum absolute atomic E-state index is 0.0191. The summed E-state index contributed by atoms with van der Waals surface area (Å²) in [5, 5.41) is 5.07. The number of pyridine rings is 1. The summed E-state index contributed by atoms with van der Waals surface area (Å²) in [6.45, 7) is 1.37. The molecule has 3 rings (SSSR count). The lowest BCUT2D eigenvalue weighted by Gasteiger charge is -2.18. The monoisotopic (exact) mass is 385 g/mol. The van der Waals surface area contributed by atoms with E-state index in [1.54, 1.807) is 30.3 Å². The second-order valence-electron chi connectivity index (χ2n) is 6.42. The molecule has 1 heterocycles. The number of carbonyl (C=O) groups is 1. The van der Waals surface area contributed by atoms with Gasteiger partial charge in [-0.15, -0.1) is 0 Å². The number of likely N-dealkylation sites (N-methyl/N-ethyl adjacent to an activating group) is 1. The highest BCUT2D eigenvalue weighted by Crippen LogP contribution is 2.24. The summed E-state index contributed by atoms with van der Waals surface area (Å²) in [6.07, 6.45) is 2.84. The van der Waals surface area contributed by atoms with Crippen LogP contribution in [0.2, 0.25) is 5.02 Å². The molecule has 0 atom stereocenters. The molecule has 0 spiro atoms. The van der Waals surface area contributed by atoms with Crippen molar-refractivity contribution in [3.63, 3.8) is 0 Å². The number of halogens is 2. The quantitative estimate of drug-likeness (QED) is 0.608. The topological polar surface area (TPSA) is 45.2 Å². The summed E-state index contributed by atoms with van der Waals surface area (Å²) in [6, 6.07) is 13.6. The van der Waals surface area contributed by atoms with Crippen LogP contribution in [-0.4, -0.2) is 35.9 Å². The summed E-state index contributed by atoms with van der Waals surface area (Å²) < 4.78 is 12.9. The van der Waals surface area contributed by atoms with Crippen LogP contribution < -0.4 is 5.32 Å². The van der Waals surface area contributed by atoms with Gasteiger partial charge in [0.15, 0.2) is 0 Å². The van der Waals surface area contributed by atoms with Crippen LogP contribution in [0.3, 0.4) is 0 Å². The fraction of sp³-hybridized carbons (Fsp3) is 0.238. The average Bonchev–Trinajstić information content (AvgIpc) is 2.66. The van der Waals surface area contributed by atoms with Gasteiger partial charge in [-0.3, -0.25) is 9.78 Å². The van der Waals surface area contributed by atoms with Crippen LogP contribution in [0.4, 0.5) is 10.1 Å². The third kappa shape index (κ3) is 5.17. The number of anilines is 1. The molecule has 1 amide bonds. The van der Waals surface area contributed by atoms with Crippen molar-refractivity contribution in [1.29, 1.82) is 0 Å². The molecule has 27 heavy (non-hydrogen) atoms. The Kier molecular flexibility index (Phi) is 6.24. The fourth-order valence-corrected chi connectivity index (χ4v) is 3.02. The molecule has 2 aromatic carbocycles. The lowest BCUT2D eigenvalue weighted by Crippen LogP contribution is -2.30. The van der Waals surface area contributed by atoms with Crippen molar-refractivity contribution < 1.29 is 9.18 Å². The van der Waals surface area contributed by atoms with Crippen molar-refractivity contribution in [1.82, 2.24) is 9.88 Å². The van der Waals surface area contributed by atoms with Gasteiger partial charge in [0.1, 0.15) is 5.82 Å². The second kappa shape index (κ2) is 8.82. The van der Waals surface area contributed by atoms with Crippen LogP contribution in [0.1, 0.15) is 12.0 Å². The maximum atomic E-state index is 12.9. The highest BCUT2D eigenvalue weighted by atomic mass is 35.5. The zero-order chi connectivity index (χ0) is 19.2. The van der Waals surface area contributed by atoms with Crippen LogP contribution in [0.5, 0.6) is 0 Å². The van der Waals surface area contributed by atoms with Gasteiger partial charge in [-0.2, -0.15) is 0 Å². The maximum Gasteiger partial charge on any atom is 0.226 e. The van der Waals surface area contributed by atoms with E-state index in [0.29, 0.717) is 11.6 Å². The zero-order valence-electron chi connectivity index (χ0n) is 15.1. The molecule has 0 saturated carbocycles. The average molecular weight is 386 g/mol. The number of amides is 1. The normalized spacial score (nSPS) is 10.8. The molecule has 0 aliphatic heterocycles. The van der Waals surface area contributed by atoms with E-state index in [4.69, 9.17) is 11.6 Å². The minimum atomic E-state index is -0.295. The highest BCUT2D eigenvalue weighted by molar-refractivity contribution is 6.31. The van der Waals surface area contributed by atoms with E-state index in [0.717, 1.165) is 35.1 Å². The van der Waals surface area contributed by atoms with E-state index in [9.17, 15) is 9.18 Å². The molecule has 0 fully saturated rings. The largest absolute Gasteiger partial charge is 0.384 e. The van der Waals surface area contributed by atoms with Crippen molar-refractivity contribution in [3.05, 3.63) is 71.1 Å². The number of carbonyl (C=O) groups excluding carboxylic acids is 1. The van der Waals surface area contributed by atoms with Gasteiger partial charge in [0, 0.05) is 42.4 Å². The first-order valence-corrected chi connectivity index (χ1v) is 9.17. The third-order valence-corrected chi connectivity index (χ3v) is 4.62. The van der Waals surface area contributed by atoms with E-state index in [2.05, 4.69) is 10.3 Å². The predicted molar refractivity (Wildman–Crippen MR) is 108 cm³/mol. The second-order valence-corrected chi connectivity index (χ2v) is 6.86. The molecule has 140 valence electrons. The first kappa shape index (κ1) is 19.1. The number of nitrogens with one attached hydrogen (secondary N) is 1. The van der Waals surface area contributed by atoms with E-state index in [1.165, 1.54) is 12.1 Å². The van der Waals surface area contributed by atoms with Gasteiger partial charge in [0.2, 0.25) is 5.91 Å². The van der Waals surface area contributed by atoms with Crippen molar-refractivity contribution in [2.24, 2.45) is 0 Å². The summed E-state index contributed by atoms with van der Waals surface area (Å²) in [5.41, 5.74) is 2.66. The molecule has 0 radical (unpaired) electrons. The summed E-state index contributed by atoms with van der Waals surface area (Å²) in [7, 11) is 1.79. The van der Waals surface area contributed by atoms with Gasteiger partial charge in [-0.05, 0) is 48.4 Å². The first-order valence-electron chi connectivity index (χ1n) is 8.79. The smallest absolute Gasteiger partial charge is 0.226 e. The number of nitrogens with zero attached hydrogens (tertiary/aromatic N) is 2. The van der Waals surface area contributed by atoms with Gasteiger partial charge >= 0.3 is 0 Å². The summed E-state index contributed by atoms with van der Waals surface area (Å²) >= 11 is 6.01. The summed E-state index contributed by atoms with van der Waals surface area (Å²) in [5.74, 6) is -0.276. The molecule has 0 saturated heterocycles. The Balaban J connectivity index is 1.48. The van der Waals surface area contributed by atoms with Gasteiger partial charge < -0.3 is 10.2 Å². The Morgan fingerprint density at radius 3 is 2.74 bits per heavy atom. The molecule has 0 aliphatic carbocycles. The van der Waals surface area contributed by atoms with Crippen LogP contribution in [0, 0.1) is 5.82 Å². The van der Waals surface area contributed by atoms with Crippen molar-refractivity contribution in [2.45, 2.75) is 12.8 Å². The number of hydrogen-bond donors (Lipinski definition) is 1. The Hall–Kier alpha value is -2.66. The van der Waals surface area contributed by atoms with Crippen LogP contribution >= 0.6 is 11.6 Å². The van der Waals surface area contributed by atoms with Gasteiger partial charge in [0.05, 0.1) is 11.9 Å². The first-order chi connectivity index (χ1) is 13.0. The lowest BCUT2D eigenvalue weighted by atomic mass is 10.1. The SMILES string of the molecule is CN(CCCNc1ccnc2cc(Cl)ccc12)C(=O)Cc1ccc(F)cc1.